The normalized spacial score (nSPS) is 10.7. The van der Waals surface area contributed by atoms with Crippen LogP contribution < -0.4 is 0 Å². The highest BCUT2D eigenvalue weighted by atomic mass is 79.9. The molecule has 0 aliphatic rings. The molecule has 1 aromatic carbocycles. The molecule has 0 spiro atoms. The topological polar surface area (TPSA) is 25.8 Å². The van der Waals surface area contributed by atoms with Crippen molar-refractivity contribution >= 4 is 54.4 Å². The molecule has 0 N–H and O–H groups in total. The summed E-state index contributed by atoms with van der Waals surface area (Å²) in [5.41, 5.74) is 0.821. The van der Waals surface area contributed by atoms with Crippen molar-refractivity contribution in [1.29, 1.82) is 0 Å². The monoisotopic (exact) mass is 320 g/mol. The Kier molecular flexibility index (Phi) is 2.53. The molecule has 5 heteroatoms. The van der Waals surface area contributed by atoms with Crippen molar-refractivity contribution in [3.8, 4) is 0 Å². The van der Waals surface area contributed by atoms with Crippen molar-refractivity contribution in [1.82, 2.24) is 9.97 Å². The second-order valence-corrected chi connectivity index (χ2v) is 4.57. The predicted octanol–water partition coefficient (Wildman–Crippen LogP) is 3.81. The van der Waals surface area contributed by atoms with Gasteiger partial charge in [-0.3, -0.25) is 0 Å². The number of aromatic nitrogens is 2. The van der Waals surface area contributed by atoms with Crippen molar-refractivity contribution in [2.45, 2.75) is 0 Å². The minimum Gasteiger partial charge on any atom is -0.236 e. The molecule has 0 radical (unpaired) electrons. The van der Waals surface area contributed by atoms with Gasteiger partial charge in [0.15, 0.2) is 0 Å². The fourth-order valence-corrected chi connectivity index (χ4v) is 2.82. The predicted molar refractivity (Wildman–Crippen MR) is 59.9 cm³/mol. The van der Waals surface area contributed by atoms with Gasteiger partial charge < -0.3 is 0 Å². The Morgan fingerprint density at radius 3 is 2.69 bits per heavy atom. The summed E-state index contributed by atoms with van der Waals surface area (Å²) in [6.07, 6.45) is 1.45. The maximum absolute atomic E-state index is 5.92. The van der Waals surface area contributed by atoms with Crippen LogP contribution in [0.25, 0.3) is 10.9 Å². The first-order valence-corrected chi connectivity index (χ1v) is 5.40. The molecule has 13 heavy (non-hydrogen) atoms. The summed E-state index contributed by atoms with van der Waals surface area (Å²) >= 11 is 12.7. The molecule has 1 heterocycles. The van der Waals surface area contributed by atoms with E-state index in [1.807, 2.05) is 12.1 Å². The van der Waals surface area contributed by atoms with Crippen LogP contribution in [-0.4, -0.2) is 9.97 Å². The molecule has 0 atom stereocenters. The largest absolute Gasteiger partial charge is 0.236 e. The van der Waals surface area contributed by atoms with E-state index in [1.54, 1.807) is 0 Å². The van der Waals surface area contributed by atoms with Crippen LogP contribution in [0.15, 0.2) is 27.4 Å². The molecule has 0 saturated heterocycles. The van der Waals surface area contributed by atoms with Crippen LogP contribution >= 0.6 is 43.5 Å². The van der Waals surface area contributed by atoms with E-state index in [4.69, 9.17) is 11.6 Å². The van der Waals surface area contributed by atoms with E-state index >= 15 is 0 Å². The molecule has 0 amide bonds. The minimum absolute atomic E-state index is 0.462. The van der Waals surface area contributed by atoms with E-state index < -0.39 is 0 Å². The van der Waals surface area contributed by atoms with Crippen LogP contribution in [0.3, 0.4) is 0 Å². The van der Waals surface area contributed by atoms with Crippen LogP contribution in [0.5, 0.6) is 0 Å². The van der Waals surface area contributed by atoms with Crippen molar-refractivity contribution in [2.24, 2.45) is 0 Å². The number of nitrogens with zero attached hydrogens (tertiary/aromatic N) is 2. The van der Waals surface area contributed by atoms with Gasteiger partial charge in [0.1, 0.15) is 11.5 Å². The van der Waals surface area contributed by atoms with Crippen molar-refractivity contribution < 1.29 is 0 Å². The SMILES string of the molecule is Clc1ncnc2cc(Br)cc(Br)c12. The summed E-state index contributed by atoms with van der Waals surface area (Å²) in [5, 5.41) is 1.30. The first kappa shape index (κ1) is 9.37. The zero-order chi connectivity index (χ0) is 9.42. The van der Waals surface area contributed by atoms with Crippen LogP contribution in [0.1, 0.15) is 0 Å². The van der Waals surface area contributed by atoms with E-state index in [0.29, 0.717) is 5.15 Å². The average molecular weight is 322 g/mol. The van der Waals surface area contributed by atoms with E-state index in [1.165, 1.54) is 6.33 Å². The maximum atomic E-state index is 5.92. The summed E-state index contributed by atoms with van der Waals surface area (Å²) in [5.74, 6) is 0. The number of fused-ring (bicyclic) bond motifs is 1. The zero-order valence-corrected chi connectivity index (χ0v) is 10.2. The highest BCUT2D eigenvalue weighted by Crippen LogP contribution is 2.30. The third kappa shape index (κ3) is 1.71. The minimum atomic E-state index is 0.462. The molecule has 2 aromatic rings. The summed E-state index contributed by atoms with van der Waals surface area (Å²) in [6.45, 7) is 0. The Morgan fingerprint density at radius 1 is 1.15 bits per heavy atom. The van der Waals surface area contributed by atoms with Gasteiger partial charge in [-0.15, -0.1) is 0 Å². The van der Waals surface area contributed by atoms with Crippen molar-refractivity contribution in [3.63, 3.8) is 0 Å². The lowest BCUT2D eigenvalue weighted by Crippen LogP contribution is -1.84. The molecular formula is C8H3Br2ClN2. The number of rotatable bonds is 0. The molecule has 0 aliphatic heterocycles. The number of hydrogen-bond donors (Lipinski definition) is 0. The van der Waals surface area contributed by atoms with Gasteiger partial charge in [0.2, 0.25) is 0 Å². The van der Waals surface area contributed by atoms with E-state index in [-0.39, 0.29) is 0 Å². The molecule has 0 bridgehead atoms. The molecular weight excluding hydrogens is 319 g/mol. The smallest absolute Gasteiger partial charge is 0.141 e. The molecule has 0 unspecified atom stereocenters. The fourth-order valence-electron chi connectivity index (χ4n) is 1.07. The van der Waals surface area contributed by atoms with Gasteiger partial charge in [0, 0.05) is 8.95 Å². The van der Waals surface area contributed by atoms with Gasteiger partial charge in [-0.05, 0) is 28.1 Å². The highest BCUT2D eigenvalue weighted by molar-refractivity contribution is 9.11. The van der Waals surface area contributed by atoms with Gasteiger partial charge in [0.25, 0.3) is 0 Å². The molecule has 1 aromatic heterocycles. The molecule has 2 rings (SSSR count). The molecule has 0 aliphatic carbocycles. The Morgan fingerprint density at radius 2 is 1.92 bits per heavy atom. The average Bonchev–Trinajstić information content (AvgIpc) is 2.02. The fraction of sp³-hybridized carbons (Fsp3) is 0. The zero-order valence-electron chi connectivity index (χ0n) is 6.26. The number of benzene rings is 1. The maximum Gasteiger partial charge on any atom is 0.141 e. The Balaban J connectivity index is 2.94. The molecule has 66 valence electrons. The Labute approximate surface area is 96.6 Å². The highest BCUT2D eigenvalue weighted by Gasteiger charge is 2.06. The lowest BCUT2D eigenvalue weighted by molar-refractivity contribution is 1.22. The summed E-state index contributed by atoms with van der Waals surface area (Å²) in [6, 6.07) is 3.81. The van der Waals surface area contributed by atoms with Gasteiger partial charge in [-0.2, -0.15) is 0 Å². The van der Waals surface area contributed by atoms with Gasteiger partial charge >= 0.3 is 0 Å². The van der Waals surface area contributed by atoms with E-state index in [9.17, 15) is 0 Å². The summed E-state index contributed by atoms with van der Waals surface area (Å²) < 4.78 is 1.85. The van der Waals surface area contributed by atoms with Gasteiger partial charge in [0.05, 0.1) is 10.9 Å². The second-order valence-electron chi connectivity index (χ2n) is 2.45. The number of hydrogen-bond acceptors (Lipinski definition) is 2. The standard InChI is InChI=1S/C8H3Br2ClN2/c9-4-1-5(10)7-6(2-4)12-3-13-8(7)11/h1-3H. The van der Waals surface area contributed by atoms with Gasteiger partial charge in [-0.1, -0.05) is 27.5 Å². The molecule has 0 saturated carbocycles. The third-order valence-electron chi connectivity index (χ3n) is 1.61. The van der Waals surface area contributed by atoms with Crippen molar-refractivity contribution in [3.05, 3.63) is 32.6 Å². The first-order chi connectivity index (χ1) is 6.18. The third-order valence-corrected chi connectivity index (χ3v) is 2.98. The van der Waals surface area contributed by atoms with E-state index in [0.717, 1.165) is 19.8 Å². The quantitative estimate of drug-likeness (QED) is 0.689. The van der Waals surface area contributed by atoms with E-state index in [2.05, 4.69) is 41.8 Å². The van der Waals surface area contributed by atoms with Gasteiger partial charge in [-0.25, -0.2) is 9.97 Å². The first-order valence-electron chi connectivity index (χ1n) is 3.44. The van der Waals surface area contributed by atoms with Crippen LogP contribution in [0.2, 0.25) is 5.15 Å². The van der Waals surface area contributed by atoms with Crippen LogP contribution in [-0.2, 0) is 0 Å². The molecule has 2 nitrogen and oxygen atoms in total. The van der Waals surface area contributed by atoms with Crippen LogP contribution in [0, 0.1) is 0 Å². The summed E-state index contributed by atoms with van der Waals surface area (Å²) in [4.78, 5) is 8.01. The van der Waals surface area contributed by atoms with Crippen molar-refractivity contribution in [2.75, 3.05) is 0 Å². The number of halogens is 3. The van der Waals surface area contributed by atoms with Crippen LogP contribution in [0.4, 0.5) is 0 Å². The lowest BCUT2D eigenvalue weighted by atomic mass is 10.2. The Hall–Kier alpha value is -0.190. The lowest BCUT2D eigenvalue weighted by Gasteiger charge is -2.01. The molecule has 0 fully saturated rings. The second kappa shape index (κ2) is 3.52. The Bertz CT molecular complexity index is 473. The summed E-state index contributed by atoms with van der Waals surface area (Å²) in [7, 11) is 0.